The van der Waals surface area contributed by atoms with Crippen molar-refractivity contribution in [3.05, 3.63) is 29.3 Å². The van der Waals surface area contributed by atoms with Crippen molar-refractivity contribution in [2.45, 2.75) is 13.1 Å². The van der Waals surface area contributed by atoms with Crippen LogP contribution in [0, 0.1) is 6.92 Å². The van der Waals surface area contributed by atoms with E-state index in [0.29, 0.717) is 4.31 Å². The van der Waals surface area contributed by atoms with E-state index < -0.39 is 21.8 Å². The van der Waals surface area contributed by atoms with Gasteiger partial charge in [0.15, 0.2) is 0 Å². The van der Waals surface area contributed by atoms with Crippen molar-refractivity contribution < 1.29 is 21.6 Å². The number of aryl methyl sites for hydroxylation is 1. The number of hydrogen-bond donors (Lipinski definition) is 0. The molecule has 0 N–H and O–H groups in total. The maximum Gasteiger partial charge on any atom is 0.418 e. The van der Waals surface area contributed by atoms with E-state index >= 15 is 0 Å². The SMILES string of the molecule is Cc1cccc(N(C)S(C)(=O)=O)c1C(F)(F)F. The Hall–Kier alpha value is -1.24. The summed E-state index contributed by atoms with van der Waals surface area (Å²) in [7, 11) is -2.63. The van der Waals surface area contributed by atoms with E-state index in [9.17, 15) is 21.6 Å². The van der Waals surface area contributed by atoms with E-state index in [2.05, 4.69) is 0 Å². The Balaban J connectivity index is 3.51. The molecule has 0 aliphatic carbocycles. The topological polar surface area (TPSA) is 37.4 Å². The van der Waals surface area contributed by atoms with Crippen molar-refractivity contribution in [2.75, 3.05) is 17.6 Å². The molecule has 7 heteroatoms. The van der Waals surface area contributed by atoms with Crippen LogP contribution in [0.4, 0.5) is 18.9 Å². The third-order valence-corrected chi connectivity index (χ3v) is 3.56. The lowest BCUT2D eigenvalue weighted by Gasteiger charge is -2.22. The minimum Gasteiger partial charge on any atom is -0.273 e. The summed E-state index contributed by atoms with van der Waals surface area (Å²) in [5, 5.41) is 0. The minimum absolute atomic E-state index is 0.00880. The Morgan fingerprint density at radius 1 is 1.24 bits per heavy atom. The first-order valence-electron chi connectivity index (χ1n) is 4.66. The molecule has 1 aromatic rings. The molecule has 0 spiro atoms. The van der Waals surface area contributed by atoms with Gasteiger partial charge in [-0.05, 0) is 18.6 Å². The van der Waals surface area contributed by atoms with E-state index in [1.165, 1.54) is 19.1 Å². The fourth-order valence-corrected chi connectivity index (χ4v) is 1.97. The van der Waals surface area contributed by atoms with Crippen LogP contribution in [0.2, 0.25) is 0 Å². The highest BCUT2D eigenvalue weighted by Gasteiger charge is 2.37. The number of nitrogens with zero attached hydrogens (tertiary/aromatic N) is 1. The van der Waals surface area contributed by atoms with Crippen molar-refractivity contribution in [1.29, 1.82) is 0 Å². The van der Waals surface area contributed by atoms with Crippen molar-refractivity contribution in [3.63, 3.8) is 0 Å². The molecule has 0 aliphatic rings. The molecule has 0 amide bonds. The molecule has 0 fully saturated rings. The second-order valence-electron chi connectivity index (χ2n) is 3.70. The van der Waals surface area contributed by atoms with Gasteiger partial charge in [-0.2, -0.15) is 13.2 Å². The molecular formula is C10H12F3NO2S. The normalized spacial score (nSPS) is 12.6. The van der Waals surface area contributed by atoms with Crippen LogP contribution < -0.4 is 4.31 Å². The summed E-state index contributed by atoms with van der Waals surface area (Å²) in [4.78, 5) is 0. The maximum absolute atomic E-state index is 12.8. The summed E-state index contributed by atoms with van der Waals surface area (Å²) < 4.78 is 61.7. The van der Waals surface area contributed by atoms with Gasteiger partial charge in [0.2, 0.25) is 10.0 Å². The van der Waals surface area contributed by atoms with E-state index in [4.69, 9.17) is 0 Å². The molecule has 0 aliphatic heterocycles. The van der Waals surface area contributed by atoms with Crippen molar-refractivity contribution in [1.82, 2.24) is 0 Å². The molecule has 0 radical (unpaired) electrons. The smallest absolute Gasteiger partial charge is 0.273 e. The standard InChI is InChI=1S/C10H12F3NO2S/c1-7-5-4-6-8(9(7)10(11,12)13)14(2)17(3,15)16/h4-6H,1-3H3. The number of anilines is 1. The van der Waals surface area contributed by atoms with Gasteiger partial charge in [-0.15, -0.1) is 0 Å². The number of benzene rings is 1. The number of hydrogen-bond acceptors (Lipinski definition) is 2. The van der Waals surface area contributed by atoms with E-state index in [-0.39, 0.29) is 11.3 Å². The molecule has 0 bridgehead atoms. The first kappa shape index (κ1) is 13.8. The first-order chi connectivity index (χ1) is 7.55. The van der Waals surface area contributed by atoms with Crippen LogP contribution in [0.25, 0.3) is 0 Å². The Labute approximate surface area is 97.9 Å². The largest absolute Gasteiger partial charge is 0.418 e. The van der Waals surface area contributed by atoms with Crippen molar-refractivity contribution in [2.24, 2.45) is 0 Å². The molecule has 0 saturated carbocycles. The third kappa shape index (κ3) is 2.91. The van der Waals surface area contributed by atoms with Gasteiger partial charge in [0.1, 0.15) is 0 Å². The zero-order chi connectivity index (χ0) is 13.4. The molecule has 3 nitrogen and oxygen atoms in total. The summed E-state index contributed by atoms with van der Waals surface area (Å²) >= 11 is 0. The fraction of sp³-hybridized carbons (Fsp3) is 0.400. The number of halogens is 3. The van der Waals surface area contributed by atoms with Crippen LogP contribution >= 0.6 is 0 Å². The zero-order valence-electron chi connectivity index (χ0n) is 9.54. The Bertz CT molecular complexity index is 523. The lowest BCUT2D eigenvalue weighted by atomic mass is 10.1. The summed E-state index contributed by atoms with van der Waals surface area (Å²) in [6.45, 7) is 1.29. The first-order valence-corrected chi connectivity index (χ1v) is 6.50. The summed E-state index contributed by atoms with van der Waals surface area (Å²) in [5.74, 6) is 0. The van der Waals surface area contributed by atoms with Crippen LogP contribution in [-0.2, 0) is 16.2 Å². The fourth-order valence-electron chi connectivity index (χ4n) is 1.46. The number of rotatable bonds is 2. The van der Waals surface area contributed by atoms with Crippen LogP contribution in [0.5, 0.6) is 0 Å². The number of sulfonamides is 1. The maximum atomic E-state index is 12.8. The summed E-state index contributed by atoms with van der Waals surface area (Å²) in [6.07, 6.45) is -3.73. The Kier molecular flexibility index (Phi) is 3.42. The highest BCUT2D eigenvalue weighted by atomic mass is 32.2. The molecule has 96 valence electrons. The molecule has 0 unspecified atom stereocenters. The molecule has 0 saturated heterocycles. The van der Waals surface area contributed by atoms with Crippen LogP contribution in [0.1, 0.15) is 11.1 Å². The third-order valence-electron chi connectivity index (χ3n) is 2.37. The van der Waals surface area contributed by atoms with Gasteiger partial charge in [-0.25, -0.2) is 8.42 Å². The minimum atomic E-state index is -4.58. The van der Waals surface area contributed by atoms with Crippen LogP contribution in [0.15, 0.2) is 18.2 Å². The molecule has 0 atom stereocenters. The van der Waals surface area contributed by atoms with Gasteiger partial charge in [0.25, 0.3) is 0 Å². The highest BCUT2D eigenvalue weighted by molar-refractivity contribution is 7.92. The average molecular weight is 267 g/mol. The van der Waals surface area contributed by atoms with Crippen molar-refractivity contribution in [3.8, 4) is 0 Å². The lowest BCUT2D eigenvalue weighted by molar-refractivity contribution is -0.137. The van der Waals surface area contributed by atoms with E-state index in [1.807, 2.05) is 0 Å². The second-order valence-corrected chi connectivity index (χ2v) is 5.71. The molecule has 17 heavy (non-hydrogen) atoms. The van der Waals surface area contributed by atoms with Gasteiger partial charge in [-0.1, -0.05) is 12.1 Å². The molecule has 0 heterocycles. The van der Waals surface area contributed by atoms with Crippen molar-refractivity contribution >= 4 is 15.7 Å². The van der Waals surface area contributed by atoms with Gasteiger partial charge in [0, 0.05) is 7.05 Å². The van der Waals surface area contributed by atoms with Gasteiger partial charge in [-0.3, -0.25) is 4.31 Å². The summed E-state index contributed by atoms with van der Waals surface area (Å²) in [6, 6.07) is 3.82. The zero-order valence-corrected chi connectivity index (χ0v) is 10.4. The lowest BCUT2D eigenvalue weighted by Crippen LogP contribution is -2.27. The molecule has 0 aromatic heterocycles. The highest BCUT2D eigenvalue weighted by Crippen LogP contribution is 2.38. The van der Waals surface area contributed by atoms with Gasteiger partial charge >= 0.3 is 6.18 Å². The monoisotopic (exact) mass is 267 g/mol. The summed E-state index contributed by atoms with van der Waals surface area (Å²) in [5.41, 5.74) is -1.29. The predicted molar refractivity (Wildman–Crippen MR) is 59.4 cm³/mol. The number of alkyl halides is 3. The molecule has 1 rings (SSSR count). The Morgan fingerprint density at radius 2 is 1.76 bits per heavy atom. The van der Waals surface area contributed by atoms with E-state index in [1.54, 1.807) is 0 Å². The Morgan fingerprint density at radius 3 is 2.18 bits per heavy atom. The predicted octanol–water partition coefficient (Wildman–Crippen LogP) is 2.41. The quantitative estimate of drug-likeness (QED) is 0.825. The van der Waals surface area contributed by atoms with Crippen LogP contribution in [-0.4, -0.2) is 21.7 Å². The van der Waals surface area contributed by atoms with Crippen LogP contribution in [0.3, 0.4) is 0 Å². The van der Waals surface area contributed by atoms with Gasteiger partial charge < -0.3 is 0 Å². The van der Waals surface area contributed by atoms with Gasteiger partial charge in [0.05, 0.1) is 17.5 Å². The second kappa shape index (κ2) is 4.21. The van der Waals surface area contributed by atoms with E-state index in [0.717, 1.165) is 19.4 Å². The molecule has 1 aromatic carbocycles. The molecular weight excluding hydrogens is 255 g/mol. The average Bonchev–Trinajstić information content (AvgIpc) is 2.12.